The average molecular weight is 330 g/mol. The van der Waals surface area contributed by atoms with Crippen molar-refractivity contribution in [3.05, 3.63) is 59.9 Å². The number of carbonyl (C=O) groups excluding carboxylic acids is 2. The molecule has 5 nitrogen and oxygen atoms in total. The Hall–Kier alpha value is -2.89. The molecule has 2 aromatic rings. The van der Waals surface area contributed by atoms with Gasteiger partial charge in [-0.25, -0.2) is 4.39 Å². The zero-order valence-corrected chi connectivity index (χ0v) is 13.3. The Morgan fingerprint density at radius 3 is 2.46 bits per heavy atom. The van der Waals surface area contributed by atoms with Crippen LogP contribution in [0.4, 0.5) is 10.1 Å². The monoisotopic (exact) mass is 330 g/mol. The summed E-state index contributed by atoms with van der Waals surface area (Å²) >= 11 is 0. The maximum absolute atomic E-state index is 12.8. The summed E-state index contributed by atoms with van der Waals surface area (Å²) in [5, 5.41) is 5.28. The van der Waals surface area contributed by atoms with Crippen molar-refractivity contribution in [1.82, 2.24) is 5.32 Å². The first-order valence-electron chi connectivity index (χ1n) is 7.61. The fourth-order valence-corrected chi connectivity index (χ4v) is 2.06. The third-order valence-corrected chi connectivity index (χ3v) is 3.19. The minimum atomic E-state index is -0.432. The van der Waals surface area contributed by atoms with Gasteiger partial charge in [0.1, 0.15) is 18.0 Å². The molecule has 2 rings (SSSR count). The van der Waals surface area contributed by atoms with E-state index in [4.69, 9.17) is 4.74 Å². The Balaban J connectivity index is 1.83. The molecule has 0 heterocycles. The van der Waals surface area contributed by atoms with E-state index in [2.05, 4.69) is 10.6 Å². The van der Waals surface area contributed by atoms with Crippen molar-refractivity contribution in [2.75, 3.05) is 11.9 Å². The SMILES string of the molecule is CCOc1ccccc1NC(=O)CC(=O)NCc1ccc(F)cc1. The van der Waals surface area contributed by atoms with Crippen LogP contribution in [-0.4, -0.2) is 18.4 Å². The summed E-state index contributed by atoms with van der Waals surface area (Å²) in [5.41, 5.74) is 1.28. The van der Waals surface area contributed by atoms with Crippen LogP contribution in [0.2, 0.25) is 0 Å². The summed E-state index contributed by atoms with van der Waals surface area (Å²) in [4.78, 5) is 23.8. The second kappa shape index (κ2) is 8.67. The van der Waals surface area contributed by atoms with Crippen molar-refractivity contribution in [3.63, 3.8) is 0 Å². The van der Waals surface area contributed by atoms with Crippen molar-refractivity contribution in [2.24, 2.45) is 0 Å². The van der Waals surface area contributed by atoms with Crippen LogP contribution in [0.1, 0.15) is 18.9 Å². The molecule has 0 fully saturated rings. The summed E-state index contributed by atoms with van der Waals surface area (Å²) in [6.07, 6.45) is -0.304. The number of hydrogen-bond donors (Lipinski definition) is 2. The van der Waals surface area contributed by atoms with Crippen molar-refractivity contribution >= 4 is 17.5 Å². The van der Waals surface area contributed by atoms with Gasteiger partial charge in [-0.15, -0.1) is 0 Å². The Kier molecular flexibility index (Phi) is 6.31. The number of carbonyl (C=O) groups is 2. The lowest BCUT2D eigenvalue weighted by Crippen LogP contribution is -2.27. The molecule has 0 aromatic heterocycles. The second-order valence-corrected chi connectivity index (χ2v) is 5.06. The van der Waals surface area contributed by atoms with Crippen LogP contribution in [0.3, 0.4) is 0 Å². The third kappa shape index (κ3) is 5.39. The highest BCUT2D eigenvalue weighted by atomic mass is 19.1. The third-order valence-electron chi connectivity index (χ3n) is 3.19. The van der Waals surface area contributed by atoms with Crippen LogP contribution >= 0.6 is 0 Å². The molecule has 24 heavy (non-hydrogen) atoms. The molecule has 0 aliphatic heterocycles. The van der Waals surface area contributed by atoms with Gasteiger partial charge in [0.2, 0.25) is 11.8 Å². The molecule has 0 atom stereocenters. The summed E-state index contributed by atoms with van der Waals surface area (Å²) in [6.45, 7) is 2.56. The lowest BCUT2D eigenvalue weighted by molar-refractivity contribution is -0.126. The van der Waals surface area contributed by atoms with Gasteiger partial charge in [0.25, 0.3) is 0 Å². The number of anilines is 1. The molecule has 0 radical (unpaired) electrons. The summed E-state index contributed by atoms with van der Waals surface area (Å²) in [5.74, 6) is -0.623. The number of rotatable bonds is 7. The van der Waals surface area contributed by atoms with Crippen molar-refractivity contribution < 1.29 is 18.7 Å². The molecule has 6 heteroatoms. The molecule has 0 aliphatic carbocycles. The van der Waals surface area contributed by atoms with E-state index in [1.807, 2.05) is 6.92 Å². The van der Waals surface area contributed by atoms with Gasteiger partial charge in [-0.2, -0.15) is 0 Å². The van der Waals surface area contributed by atoms with E-state index in [0.717, 1.165) is 5.56 Å². The highest BCUT2D eigenvalue weighted by Crippen LogP contribution is 2.23. The molecule has 0 spiro atoms. The van der Waals surface area contributed by atoms with E-state index in [9.17, 15) is 14.0 Å². The smallest absolute Gasteiger partial charge is 0.233 e. The van der Waals surface area contributed by atoms with E-state index < -0.39 is 11.8 Å². The molecule has 0 aliphatic rings. The number of benzene rings is 2. The molecule has 0 saturated carbocycles. The number of nitrogens with one attached hydrogen (secondary N) is 2. The summed E-state index contributed by atoms with van der Waals surface area (Å²) in [7, 11) is 0. The minimum absolute atomic E-state index is 0.238. The van der Waals surface area contributed by atoms with E-state index in [1.54, 1.807) is 36.4 Å². The molecule has 2 N–H and O–H groups in total. The molecule has 0 saturated heterocycles. The van der Waals surface area contributed by atoms with E-state index in [1.165, 1.54) is 12.1 Å². The van der Waals surface area contributed by atoms with Crippen molar-refractivity contribution in [2.45, 2.75) is 19.9 Å². The van der Waals surface area contributed by atoms with Gasteiger partial charge in [0.15, 0.2) is 0 Å². The molecule has 2 aromatic carbocycles. The first kappa shape index (κ1) is 17.5. The number of amides is 2. The zero-order chi connectivity index (χ0) is 17.4. The average Bonchev–Trinajstić information content (AvgIpc) is 2.56. The van der Waals surface area contributed by atoms with Gasteiger partial charge in [-0.05, 0) is 36.8 Å². The second-order valence-electron chi connectivity index (χ2n) is 5.06. The molecular weight excluding hydrogens is 311 g/mol. The topological polar surface area (TPSA) is 67.4 Å². The predicted molar refractivity (Wildman–Crippen MR) is 89.1 cm³/mol. The Morgan fingerprint density at radius 1 is 1.04 bits per heavy atom. The van der Waals surface area contributed by atoms with Gasteiger partial charge < -0.3 is 15.4 Å². The van der Waals surface area contributed by atoms with Gasteiger partial charge >= 0.3 is 0 Å². The van der Waals surface area contributed by atoms with Crippen LogP contribution in [0, 0.1) is 5.82 Å². The molecule has 2 amide bonds. The van der Waals surface area contributed by atoms with Crippen LogP contribution in [-0.2, 0) is 16.1 Å². The zero-order valence-electron chi connectivity index (χ0n) is 13.3. The fraction of sp³-hybridized carbons (Fsp3) is 0.222. The van der Waals surface area contributed by atoms with Gasteiger partial charge in [0, 0.05) is 6.54 Å². The summed E-state index contributed by atoms with van der Waals surface area (Å²) < 4.78 is 18.2. The van der Waals surface area contributed by atoms with E-state index in [0.29, 0.717) is 18.0 Å². The van der Waals surface area contributed by atoms with Gasteiger partial charge in [-0.1, -0.05) is 24.3 Å². The summed E-state index contributed by atoms with van der Waals surface area (Å²) in [6, 6.07) is 12.8. The van der Waals surface area contributed by atoms with Gasteiger partial charge in [0.05, 0.1) is 12.3 Å². The lowest BCUT2D eigenvalue weighted by atomic mass is 10.2. The fourth-order valence-electron chi connectivity index (χ4n) is 2.06. The number of halogens is 1. The minimum Gasteiger partial charge on any atom is -0.492 e. The number of ether oxygens (including phenoxy) is 1. The molecular formula is C18H19FN2O3. The highest BCUT2D eigenvalue weighted by Gasteiger charge is 2.11. The Labute approximate surface area is 139 Å². The maximum atomic E-state index is 12.8. The molecule has 126 valence electrons. The van der Waals surface area contributed by atoms with Crippen LogP contribution in [0.15, 0.2) is 48.5 Å². The predicted octanol–water partition coefficient (Wildman–Crippen LogP) is 2.87. The van der Waals surface area contributed by atoms with E-state index in [-0.39, 0.29) is 18.8 Å². The Bertz CT molecular complexity index is 702. The molecule has 0 unspecified atom stereocenters. The first-order chi connectivity index (χ1) is 11.6. The Morgan fingerprint density at radius 2 is 1.75 bits per heavy atom. The van der Waals surface area contributed by atoms with Crippen molar-refractivity contribution in [3.8, 4) is 5.75 Å². The van der Waals surface area contributed by atoms with Crippen molar-refractivity contribution in [1.29, 1.82) is 0 Å². The number of para-hydroxylation sites is 2. The highest BCUT2D eigenvalue weighted by molar-refractivity contribution is 6.04. The normalized spacial score (nSPS) is 10.1. The van der Waals surface area contributed by atoms with Crippen LogP contribution in [0.5, 0.6) is 5.75 Å². The molecule has 0 bridgehead atoms. The standard InChI is InChI=1S/C18H19FN2O3/c1-2-24-16-6-4-3-5-15(16)21-18(23)11-17(22)20-12-13-7-9-14(19)10-8-13/h3-10H,2,11-12H2,1H3,(H,20,22)(H,21,23). The number of hydrogen-bond acceptors (Lipinski definition) is 3. The van der Waals surface area contributed by atoms with Crippen LogP contribution < -0.4 is 15.4 Å². The van der Waals surface area contributed by atoms with E-state index >= 15 is 0 Å². The maximum Gasteiger partial charge on any atom is 0.233 e. The first-order valence-corrected chi connectivity index (χ1v) is 7.61. The quantitative estimate of drug-likeness (QED) is 0.767. The van der Waals surface area contributed by atoms with Gasteiger partial charge in [-0.3, -0.25) is 9.59 Å². The largest absolute Gasteiger partial charge is 0.492 e. The van der Waals surface area contributed by atoms with Crippen LogP contribution in [0.25, 0.3) is 0 Å². The lowest BCUT2D eigenvalue weighted by Gasteiger charge is -2.11.